The van der Waals surface area contributed by atoms with Crippen molar-refractivity contribution in [2.45, 2.75) is 26.8 Å². The first-order chi connectivity index (χ1) is 7.74. The number of hydrogen-bond acceptors (Lipinski definition) is 6. The van der Waals surface area contributed by atoms with Crippen molar-refractivity contribution >= 4 is 11.3 Å². The Hall–Kier alpha value is -1.27. The van der Waals surface area contributed by atoms with Crippen molar-refractivity contribution < 1.29 is 4.42 Å². The van der Waals surface area contributed by atoms with Crippen LogP contribution in [0.3, 0.4) is 0 Å². The number of aryl methyl sites for hydroxylation is 2. The van der Waals surface area contributed by atoms with E-state index in [-0.39, 0.29) is 0 Å². The van der Waals surface area contributed by atoms with Crippen LogP contribution >= 0.6 is 11.3 Å². The Morgan fingerprint density at radius 3 is 2.88 bits per heavy atom. The second-order valence-corrected chi connectivity index (χ2v) is 4.56. The van der Waals surface area contributed by atoms with Gasteiger partial charge in [-0.05, 0) is 6.92 Å². The normalized spacial score (nSPS) is 10.9. The van der Waals surface area contributed by atoms with Gasteiger partial charge in [-0.15, -0.1) is 21.5 Å². The maximum absolute atomic E-state index is 5.24. The van der Waals surface area contributed by atoms with Gasteiger partial charge in [-0.3, -0.25) is 0 Å². The van der Waals surface area contributed by atoms with Crippen LogP contribution in [0, 0.1) is 13.8 Å². The summed E-state index contributed by atoms with van der Waals surface area (Å²) in [5.74, 6) is 1.24. The molecule has 0 bridgehead atoms. The first-order valence-electron chi connectivity index (χ1n) is 5.15. The van der Waals surface area contributed by atoms with Crippen LogP contribution in [0.4, 0.5) is 0 Å². The molecular formula is C10H14N4OS. The molecule has 2 heterocycles. The molecule has 2 aromatic heterocycles. The number of hydrogen-bond donors (Lipinski definition) is 1. The van der Waals surface area contributed by atoms with Crippen LogP contribution in [0.1, 0.15) is 22.5 Å². The molecule has 6 heteroatoms. The minimum Gasteiger partial charge on any atom is -0.424 e. The largest absolute Gasteiger partial charge is 0.424 e. The summed E-state index contributed by atoms with van der Waals surface area (Å²) in [6.07, 6.45) is 0.928. The Morgan fingerprint density at radius 1 is 1.38 bits per heavy atom. The Kier molecular flexibility index (Phi) is 3.63. The Balaban J connectivity index is 1.69. The summed E-state index contributed by atoms with van der Waals surface area (Å²) < 4.78 is 5.24. The number of rotatable bonds is 5. The summed E-state index contributed by atoms with van der Waals surface area (Å²) in [5, 5.41) is 14.1. The van der Waals surface area contributed by atoms with Crippen LogP contribution in [-0.2, 0) is 13.0 Å². The van der Waals surface area contributed by atoms with Gasteiger partial charge in [0.25, 0.3) is 0 Å². The van der Waals surface area contributed by atoms with Crippen LogP contribution in [0.15, 0.2) is 9.80 Å². The van der Waals surface area contributed by atoms with Crippen LogP contribution in [0.25, 0.3) is 0 Å². The SMILES string of the molecule is Cc1nnc(CNCCc2csc(C)n2)o1. The molecule has 0 atom stereocenters. The van der Waals surface area contributed by atoms with E-state index in [1.54, 1.807) is 18.3 Å². The van der Waals surface area contributed by atoms with E-state index in [1.807, 2.05) is 6.92 Å². The second kappa shape index (κ2) is 5.18. The van der Waals surface area contributed by atoms with Crippen LogP contribution in [0.5, 0.6) is 0 Å². The number of nitrogens with zero attached hydrogens (tertiary/aromatic N) is 3. The van der Waals surface area contributed by atoms with Gasteiger partial charge in [0.05, 0.1) is 17.2 Å². The lowest BCUT2D eigenvalue weighted by Gasteiger charge is -1.98. The Labute approximate surface area is 97.9 Å². The molecule has 0 aliphatic heterocycles. The fraction of sp³-hybridized carbons (Fsp3) is 0.500. The van der Waals surface area contributed by atoms with Gasteiger partial charge in [0.2, 0.25) is 11.8 Å². The molecule has 0 saturated carbocycles. The summed E-state index contributed by atoms with van der Waals surface area (Å²) in [6, 6.07) is 0. The highest BCUT2D eigenvalue weighted by Gasteiger charge is 2.02. The summed E-state index contributed by atoms with van der Waals surface area (Å²) >= 11 is 1.68. The number of nitrogens with one attached hydrogen (secondary N) is 1. The van der Waals surface area contributed by atoms with Crippen molar-refractivity contribution in [1.29, 1.82) is 0 Å². The minimum atomic E-state index is 0.604. The van der Waals surface area contributed by atoms with Gasteiger partial charge >= 0.3 is 0 Å². The van der Waals surface area contributed by atoms with E-state index in [1.165, 1.54) is 0 Å². The van der Waals surface area contributed by atoms with Gasteiger partial charge < -0.3 is 9.73 Å². The standard InChI is InChI=1S/C10H14N4OS/c1-7-13-14-10(15-7)5-11-4-3-9-6-16-8(2)12-9/h6,11H,3-5H2,1-2H3. The van der Waals surface area contributed by atoms with Crippen molar-refractivity contribution in [3.8, 4) is 0 Å². The topological polar surface area (TPSA) is 63.8 Å². The number of aromatic nitrogens is 3. The van der Waals surface area contributed by atoms with Gasteiger partial charge in [-0.2, -0.15) is 0 Å². The molecule has 2 aromatic rings. The first kappa shape index (κ1) is 11.2. The predicted octanol–water partition coefficient (Wildman–Crippen LogP) is 1.48. The smallest absolute Gasteiger partial charge is 0.230 e. The van der Waals surface area contributed by atoms with Crippen LogP contribution in [0.2, 0.25) is 0 Å². The maximum Gasteiger partial charge on any atom is 0.230 e. The third-order valence-electron chi connectivity index (χ3n) is 2.07. The molecule has 0 aliphatic carbocycles. The highest BCUT2D eigenvalue weighted by atomic mass is 32.1. The van der Waals surface area contributed by atoms with Crippen molar-refractivity contribution in [3.05, 3.63) is 27.9 Å². The summed E-state index contributed by atoms with van der Waals surface area (Å²) in [7, 11) is 0. The summed E-state index contributed by atoms with van der Waals surface area (Å²) in [4.78, 5) is 4.39. The molecule has 5 nitrogen and oxygen atoms in total. The molecular weight excluding hydrogens is 224 g/mol. The van der Waals surface area contributed by atoms with E-state index in [0.717, 1.165) is 23.7 Å². The lowest BCUT2D eigenvalue weighted by atomic mass is 10.3. The fourth-order valence-corrected chi connectivity index (χ4v) is 1.99. The highest BCUT2D eigenvalue weighted by Crippen LogP contribution is 2.07. The van der Waals surface area contributed by atoms with Crippen LogP contribution in [-0.4, -0.2) is 21.7 Å². The lowest BCUT2D eigenvalue weighted by Crippen LogP contribution is -2.17. The van der Waals surface area contributed by atoms with Gasteiger partial charge in [0, 0.05) is 25.3 Å². The number of thiazole rings is 1. The monoisotopic (exact) mass is 238 g/mol. The van der Waals surface area contributed by atoms with Gasteiger partial charge in [-0.1, -0.05) is 0 Å². The van der Waals surface area contributed by atoms with E-state index < -0.39 is 0 Å². The maximum atomic E-state index is 5.24. The zero-order valence-corrected chi connectivity index (χ0v) is 10.2. The van der Waals surface area contributed by atoms with Gasteiger partial charge in [-0.25, -0.2) is 4.98 Å². The van der Waals surface area contributed by atoms with Crippen molar-refractivity contribution in [2.75, 3.05) is 6.54 Å². The van der Waals surface area contributed by atoms with E-state index in [4.69, 9.17) is 4.42 Å². The predicted molar refractivity (Wildman–Crippen MR) is 61.3 cm³/mol. The Bertz CT molecular complexity index is 409. The molecule has 0 radical (unpaired) electrons. The van der Waals surface area contributed by atoms with Crippen LogP contribution < -0.4 is 5.32 Å². The first-order valence-corrected chi connectivity index (χ1v) is 6.03. The summed E-state index contributed by atoms with van der Waals surface area (Å²) in [6.45, 7) is 5.28. The van der Waals surface area contributed by atoms with Crippen molar-refractivity contribution in [3.63, 3.8) is 0 Å². The van der Waals surface area contributed by atoms with E-state index in [2.05, 4.69) is 25.9 Å². The molecule has 1 N–H and O–H groups in total. The molecule has 16 heavy (non-hydrogen) atoms. The van der Waals surface area contributed by atoms with Crippen molar-refractivity contribution in [2.24, 2.45) is 0 Å². The molecule has 0 spiro atoms. The second-order valence-electron chi connectivity index (χ2n) is 3.50. The highest BCUT2D eigenvalue weighted by molar-refractivity contribution is 7.09. The quantitative estimate of drug-likeness (QED) is 0.799. The molecule has 2 rings (SSSR count). The molecule has 0 fully saturated rings. The molecule has 86 valence electrons. The third-order valence-corrected chi connectivity index (χ3v) is 2.89. The van der Waals surface area contributed by atoms with Gasteiger partial charge in [0.15, 0.2) is 0 Å². The summed E-state index contributed by atoms with van der Waals surface area (Å²) in [5.41, 5.74) is 1.14. The minimum absolute atomic E-state index is 0.604. The Morgan fingerprint density at radius 2 is 2.25 bits per heavy atom. The lowest BCUT2D eigenvalue weighted by molar-refractivity contribution is 0.447. The molecule has 0 aromatic carbocycles. The average Bonchev–Trinajstić information content (AvgIpc) is 2.83. The average molecular weight is 238 g/mol. The molecule has 0 saturated heterocycles. The van der Waals surface area contributed by atoms with Gasteiger partial charge in [0.1, 0.15) is 0 Å². The zero-order valence-electron chi connectivity index (χ0n) is 9.36. The van der Waals surface area contributed by atoms with E-state index in [0.29, 0.717) is 18.3 Å². The van der Waals surface area contributed by atoms with E-state index >= 15 is 0 Å². The third kappa shape index (κ3) is 3.11. The molecule has 0 amide bonds. The van der Waals surface area contributed by atoms with Crippen molar-refractivity contribution in [1.82, 2.24) is 20.5 Å². The molecule has 0 unspecified atom stereocenters. The molecule has 0 aliphatic rings. The fourth-order valence-electron chi connectivity index (χ4n) is 1.34. The van der Waals surface area contributed by atoms with E-state index in [9.17, 15) is 0 Å². The zero-order chi connectivity index (χ0) is 11.4.